The summed E-state index contributed by atoms with van der Waals surface area (Å²) >= 11 is 8.09. The first-order valence-corrected chi connectivity index (χ1v) is 6.53. The van der Waals surface area contributed by atoms with Crippen LogP contribution >= 0.6 is 23.5 Å². The Bertz CT molecular complexity index is 406. The predicted octanol–water partition coefficient (Wildman–Crippen LogP) is 4.36. The molecule has 16 heavy (non-hydrogen) atoms. The van der Waals surface area contributed by atoms with E-state index in [0.29, 0.717) is 0 Å². The maximum atomic E-state index is 6.33. The number of halogens is 1. The molecule has 86 valence electrons. The van der Waals surface area contributed by atoms with Crippen molar-refractivity contribution in [2.45, 2.75) is 26.3 Å². The number of hydrogen-bond acceptors (Lipinski definition) is 2. The molecule has 0 N–H and O–H groups in total. The monoisotopic (exact) mass is 253 g/mol. The van der Waals surface area contributed by atoms with Crippen LogP contribution in [-0.2, 0) is 0 Å². The van der Waals surface area contributed by atoms with Gasteiger partial charge in [0.2, 0.25) is 0 Å². The fourth-order valence-corrected chi connectivity index (χ4v) is 3.06. The Balaban J connectivity index is 2.23. The fraction of sp³-hybridized carbons (Fsp3) is 0.385. The lowest BCUT2D eigenvalue weighted by atomic mass is 10.1. The summed E-state index contributed by atoms with van der Waals surface area (Å²) < 4.78 is 2.32. The minimum absolute atomic E-state index is 0.140. The molecule has 0 atom stereocenters. The Morgan fingerprint density at radius 2 is 1.81 bits per heavy atom. The third kappa shape index (κ3) is 2.45. The first-order chi connectivity index (χ1) is 7.48. The van der Waals surface area contributed by atoms with Crippen LogP contribution in [0, 0.1) is 0 Å². The van der Waals surface area contributed by atoms with E-state index in [1.165, 1.54) is 10.5 Å². The number of benzene rings is 1. The van der Waals surface area contributed by atoms with Gasteiger partial charge >= 0.3 is 0 Å². The highest BCUT2D eigenvalue weighted by Crippen LogP contribution is 2.44. The molecule has 1 aromatic rings. The van der Waals surface area contributed by atoms with Gasteiger partial charge in [0, 0.05) is 22.0 Å². The minimum Gasteiger partial charge on any atom is -0.236 e. The molecule has 0 spiro atoms. The van der Waals surface area contributed by atoms with Gasteiger partial charge in [0.25, 0.3) is 0 Å². The van der Waals surface area contributed by atoms with Crippen LogP contribution in [-0.4, -0.2) is 16.4 Å². The van der Waals surface area contributed by atoms with Crippen molar-refractivity contribution in [1.82, 2.24) is 4.31 Å². The molecule has 0 aliphatic carbocycles. The molecule has 0 amide bonds. The normalized spacial score (nSPS) is 18.2. The standard InChI is InChI=1S/C13H16ClNS/c1-13(2,3)15-9-11(14)12(16-15)10-7-5-4-6-8-10/h4-8H,9H2,1-3H3. The van der Waals surface area contributed by atoms with E-state index < -0.39 is 0 Å². The van der Waals surface area contributed by atoms with E-state index in [-0.39, 0.29) is 5.54 Å². The topological polar surface area (TPSA) is 3.24 Å². The second-order valence-electron chi connectivity index (χ2n) is 4.90. The molecular formula is C13H16ClNS. The van der Waals surface area contributed by atoms with E-state index in [0.717, 1.165) is 11.6 Å². The molecule has 0 aromatic heterocycles. The van der Waals surface area contributed by atoms with E-state index >= 15 is 0 Å². The highest BCUT2D eigenvalue weighted by atomic mass is 35.5. The zero-order valence-corrected chi connectivity index (χ0v) is 11.4. The molecule has 1 aromatic carbocycles. The zero-order chi connectivity index (χ0) is 11.8. The lowest BCUT2D eigenvalue weighted by Gasteiger charge is -2.30. The average molecular weight is 254 g/mol. The van der Waals surface area contributed by atoms with E-state index in [9.17, 15) is 0 Å². The maximum absolute atomic E-state index is 6.33. The molecule has 3 heteroatoms. The van der Waals surface area contributed by atoms with E-state index in [4.69, 9.17) is 11.6 Å². The highest BCUT2D eigenvalue weighted by Gasteiger charge is 2.30. The Morgan fingerprint density at radius 3 is 2.31 bits per heavy atom. The van der Waals surface area contributed by atoms with Crippen LogP contribution in [0.3, 0.4) is 0 Å². The van der Waals surface area contributed by atoms with E-state index in [2.05, 4.69) is 37.2 Å². The molecule has 1 aliphatic rings. The maximum Gasteiger partial charge on any atom is 0.0486 e. The minimum atomic E-state index is 0.140. The molecule has 0 radical (unpaired) electrons. The summed E-state index contributed by atoms with van der Waals surface area (Å²) in [5, 5.41) is 0.950. The Kier molecular flexibility index (Phi) is 3.34. The van der Waals surface area contributed by atoms with Crippen molar-refractivity contribution in [3.8, 4) is 0 Å². The zero-order valence-electron chi connectivity index (χ0n) is 9.83. The molecular weight excluding hydrogens is 238 g/mol. The van der Waals surface area contributed by atoms with Crippen molar-refractivity contribution in [2.24, 2.45) is 0 Å². The van der Waals surface area contributed by atoms with Crippen LogP contribution in [0.15, 0.2) is 35.4 Å². The summed E-state index contributed by atoms with van der Waals surface area (Å²) in [6.45, 7) is 7.45. The van der Waals surface area contributed by atoms with Crippen LogP contribution in [0.5, 0.6) is 0 Å². The van der Waals surface area contributed by atoms with Gasteiger partial charge in [0.1, 0.15) is 0 Å². The fourth-order valence-electron chi connectivity index (χ4n) is 1.56. The van der Waals surface area contributed by atoms with Gasteiger partial charge in [0.15, 0.2) is 0 Å². The van der Waals surface area contributed by atoms with Gasteiger partial charge in [-0.3, -0.25) is 0 Å². The largest absolute Gasteiger partial charge is 0.236 e. The lowest BCUT2D eigenvalue weighted by molar-refractivity contribution is 0.300. The Labute approximate surface area is 107 Å². The summed E-state index contributed by atoms with van der Waals surface area (Å²) in [6.07, 6.45) is 0. The third-order valence-electron chi connectivity index (χ3n) is 2.51. The van der Waals surface area contributed by atoms with Gasteiger partial charge < -0.3 is 0 Å². The molecule has 1 nitrogen and oxygen atoms in total. The molecule has 0 bridgehead atoms. The smallest absolute Gasteiger partial charge is 0.0486 e. The quantitative estimate of drug-likeness (QED) is 0.685. The van der Waals surface area contributed by atoms with Gasteiger partial charge in [-0.15, -0.1) is 0 Å². The molecule has 0 saturated carbocycles. The van der Waals surface area contributed by atoms with Crippen molar-refractivity contribution in [3.05, 3.63) is 40.9 Å². The first kappa shape index (κ1) is 12.0. The molecule has 1 aliphatic heterocycles. The summed E-state index contributed by atoms with van der Waals surface area (Å²) in [5.41, 5.74) is 1.35. The van der Waals surface area contributed by atoms with Crippen molar-refractivity contribution < 1.29 is 0 Å². The van der Waals surface area contributed by atoms with Crippen LogP contribution in [0.25, 0.3) is 4.91 Å². The van der Waals surface area contributed by atoms with Crippen LogP contribution in [0.4, 0.5) is 0 Å². The molecule has 1 heterocycles. The second kappa shape index (κ2) is 4.44. The first-order valence-electron chi connectivity index (χ1n) is 5.38. The third-order valence-corrected chi connectivity index (χ3v) is 4.50. The lowest BCUT2D eigenvalue weighted by Crippen LogP contribution is -2.34. The number of rotatable bonds is 1. The van der Waals surface area contributed by atoms with E-state index in [1.54, 1.807) is 11.9 Å². The summed E-state index contributed by atoms with van der Waals surface area (Å²) in [7, 11) is 0. The second-order valence-corrected chi connectivity index (χ2v) is 6.39. The van der Waals surface area contributed by atoms with Crippen molar-refractivity contribution >= 4 is 28.5 Å². The Morgan fingerprint density at radius 1 is 1.19 bits per heavy atom. The highest BCUT2D eigenvalue weighted by molar-refractivity contribution is 8.06. The molecule has 0 unspecified atom stereocenters. The number of hydrogen-bond donors (Lipinski definition) is 0. The molecule has 2 rings (SSSR count). The van der Waals surface area contributed by atoms with Crippen LogP contribution in [0.1, 0.15) is 26.3 Å². The van der Waals surface area contributed by atoms with Crippen molar-refractivity contribution in [1.29, 1.82) is 0 Å². The van der Waals surface area contributed by atoms with E-state index in [1.807, 2.05) is 18.2 Å². The number of nitrogens with zero attached hydrogens (tertiary/aromatic N) is 1. The van der Waals surface area contributed by atoms with Gasteiger partial charge in [-0.2, -0.15) is 0 Å². The van der Waals surface area contributed by atoms with Gasteiger partial charge in [-0.25, -0.2) is 4.31 Å². The summed E-state index contributed by atoms with van der Waals surface area (Å²) in [6, 6.07) is 10.3. The molecule has 0 fully saturated rings. The Hall–Kier alpha value is -0.440. The van der Waals surface area contributed by atoms with Crippen molar-refractivity contribution in [3.63, 3.8) is 0 Å². The van der Waals surface area contributed by atoms with Crippen LogP contribution < -0.4 is 0 Å². The summed E-state index contributed by atoms with van der Waals surface area (Å²) in [5.74, 6) is 0. The SMILES string of the molecule is CC(C)(C)N1CC(Cl)=C(c2ccccc2)S1. The predicted molar refractivity (Wildman–Crippen MR) is 73.3 cm³/mol. The van der Waals surface area contributed by atoms with Crippen molar-refractivity contribution in [2.75, 3.05) is 6.54 Å². The van der Waals surface area contributed by atoms with Gasteiger partial charge in [-0.1, -0.05) is 41.9 Å². The van der Waals surface area contributed by atoms with Gasteiger partial charge in [-0.05, 0) is 38.3 Å². The van der Waals surface area contributed by atoms with Gasteiger partial charge in [0.05, 0.1) is 0 Å². The van der Waals surface area contributed by atoms with Crippen LogP contribution in [0.2, 0.25) is 0 Å². The summed E-state index contributed by atoms with van der Waals surface area (Å²) in [4.78, 5) is 1.19. The average Bonchev–Trinajstić information content (AvgIpc) is 2.61. The molecule has 0 saturated heterocycles.